The van der Waals surface area contributed by atoms with Crippen molar-refractivity contribution in [3.63, 3.8) is 0 Å². The number of nitrogens with zero attached hydrogens (tertiary/aromatic N) is 1. The van der Waals surface area contributed by atoms with E-state index >= 15 is 0 Å². The molecule has 1 heterocycles. The number of nitrogens with one attached hydrogen (secondary N) is 2. The number of hydrogen-bond acceptors (Lipinski definition) is 7. The number of primary amides is 1. The second-order valence-electron chi connectivity index (χ2n) is 11.2. The van der Waals surface area contributed by atoms with E-state index in [1.807, 2.05) is 43.6 Å². The molecule has 4 atom stereocenters. The lowest BCUT2D eigenvalue weighted by Gasteiger charge is -2.24. The van der Waals surface area contributed by atoms with Gasteiger partial charge >= 0.3 is 0 Å². The third kappa shape index (κ3) is 12.4. The van der Waals surface area contributed by atoms with Crippen LogP contribution < -0.4 is 28.3 Å². The first-order valence-corrected chi connectivity index (χ1v) is 16.4. The molecule has 1 aromatic heterocycles. The van der Waals surface area contributed by atoms with E-state index in [4.69, 9.17) is 22.9 Å². The zero-order valence-corrected chi connectivity index (χ0v) is 26.3. The van der Waals surface area contributed by atoms with Crippen LogP contribution in [0.1, 0.15) is 63.9 Å². The van der Waals surface area contributed by atoms with Crippen molar-refractivity contribution >= 4 is 52.0 Å². The average Bonchev–Trinajstić information content (AvgIpc) is 3.38. The van der Waals surface area contributed by atoms with Crippen LogP contribution in [0, 0.1) is 17.8 Å². The second kappa shape index (κ2) is 19.0. The van der Waals surface area contributed by atoms with Crippen LogP contribution in [0.15, 0.2) is 35.5 Å². The van der Waals surface area contributed by atoms with Gasteiger partial charge in [0.05, 0.1) is 6.04 Å². The first kappa shape index (κ1) is 35.8. The number of benzene rings is 1. The molecule has 11 nitrogen and oxygen atoms in total. The number of rotatable bonds is 22. The molecule has 10 N–H and O–H groups in total. The van der Waals surface area contributed by atoms with Gasteiger partial charge in [-0.15, -0.1) is 0 Å². The molecule has 0 spiro atoms. The zero-order chi connectivity index (χ0) is 31.8. The highest BCUT2D eigenvalue weighted by Crippen LogP contribution is 2.23. The summed E-state index contributed by atoms with van der Waals surface area (Å²) >= 11 is 1.58. The zero-order valence-electron chi connectivity index (χ0n) is 25.5. The van der Waals surface area contributed by atoms with E-state index < -0.39 is 23.8 Å². The van der Waals surface area contributed by atoms with Crippen LogP contribution in [0.2, 0.25) is 0 Å². The summed E-state index contributed by atoms with van der Waals surface area (Å²) in [6.45, 7) is 2.76. The minimum atomic E-state index is -0.882. The van der Waals surface area contributed by atoms with Crippen molar-refractivity contribution in [1.82, 2.24) is 10.3 Å². The Labute approximate surface area is 258 Å². The molecule has 0 aliphatic rings. The Balaban J connectivity index is 2.25. The van der Waals surface area contributed by atoms with Crippen molar-refractivity contribution in [3.05, 3.63) is 36.0 Å². The third-order valence-electron chi connectivity index (χ3n) is 7.79. The lowest BCUT2D eigenvalue weighted by Crippen LogP contribution is -2.46. The average molecular weight is 616 g/mol. The molecule has 0 saturated heterocycles. The number of unbranched alkanes of at least 4 members (excludes halogenated alkanes) is 1. The molecule has 0 aliphatic carbocycles. The first-order valence-electron chi connectivity index (χ1n) is 15.0. The molecule has 43 heavy (non-hydrogen) atoms. The van der Waals surface area contributed by atoms with Gasteiger partial charge in [0.15, 0.2) is 11.7 Å². The van der Waals surface area contributed by atoms with Gasteiger partial charge in [0.1, 0.15) is 5.78 Å². The molecule has 0 aliphatic heterocycles. The van der Waals surface area contributed by atoms with Gasteiger partial charge in [-0.3, -0.25) is 24.2 Å². The summed E-state index contributed by atoms with van der Waals surface area (Å²) < 4.78 is 0. The van der Waals surface area contributed by atoms with Crippen LogP contribution >= 0.6 is 11.8 Å². The lowest BCUT2D eigenvalue weighted by atomic mass is 9.88. The van der Waals surface area contributed by atoms with Crippen molar-refractivity contribution in [1.29, 1.82) is 0 Å². The predicted octanol–water partition coefficient (Wildman–Crippen LogP) is 2.40. The number of fused-ring (bicyclic) bond motifs is 1. The standard InChI is InChI=1S/C31H49N7O4S/c1-20(8-7-14-36-31(34)35)27(39)18-22(9-5-6-13-32)30(42)38-26(28(40)17-21(29(33)41)12-15-43-2)16-23-19-37-25-11-4-3-10-24(23)25/h3-4,10-11,19-22,26,37H,5-9,12-18,32H2,1-2H3,(H2,33,41)(H,38,42)(H4,34,35,36)/t20-,21+,22+,26-/m0/s1. The summed E-state index contributed by atoms with van der Waals surface area (Å²) in [5.74, 6) is -1.96. The maximum absolute atomic E-state index is 13.7. The minimum absolute atomic E-state index is 0.0127. The van der Waals surface area contributed by atoms with Crippen molar-refractivity contribution in [2.75, 3.05) is 25.1 Å². The van der Waals surface area contributed by atoms with Crippen molar-refractivity contribution in [2.24, 2.45) is 45.7 Å². The van der Waals surface area contributed by atoms with Gasteiger partial charge in [-0.2, -0.15) is 11.8 Å². The number of nitrogens with two attached hydrogens (primary N) is 4. The van der Waals surface area contributed by atoms with Crippen molar-refractivity contribution < 1.29 is 19.2 Å². The van der Waals surface area contributed by atoms with E-state index in [1.54, 1.807) is 11.8 Å². The number of carbonyl (C=O) groups is 4. The summed E-state index contributed by atoms with van der Waals surface area (Å²) in [5.41, 5.74) is 23.9. The maximum atomic E-state index is 13.7. The van der Waals surface area contributed by atoms with Crippen LogP contribution in [0.4, 0.5) is 0 Å². The van der Waals surface area contributed by atoms with E-state index in [9.17, 15) is 19.2 Å². The summed E-state index contributed by atoms with van der Waals surface area (Å²) in [6, 6.07) is 6.85. The number of thioether (sulfide) groups is 1. The monoisotopic (exact) mass is 615 g/mol. The fourth-order valence-electron chi connectivity index (χ4n) is 5.12. The number of H-pyrrole nitrogens is 1. The number of hydrogen-bond donors (Lipinski definition) is 6. The van der Waals surface area contributed by atoms with E-state index in [-0.39, 0.29) is 48.6 Å². The molecule has 238 valence electrons. The Bertz CT molecular complexity index is 1230. The molecule has 0 radical (unpaired) electrons. The van der Waals surface area contributed by atoms with E-state index in [2.05, 4.69) is 15.3 Å². The number of carbonyl (C=O) groups excluding carboxylic acids is 4. The number of guanidine groups is 1. The van der Waals surface area contributed by atoms with E-state index in [0.717, 1.165) is 22.9 Å². The number of aromatic nitrogens is 1. The van der Waals surface area contributed by atoms with Crippen molar-refractivity contribution in [2.45, 2.75) is 70.8 Å². The topological polar surface area (TPSA) is 213 Å². The van der Waals surface area contributed by atoms with Gasteiger partial charge in [0, 0.05) is 60.7 Å². The van der Waals surface area contributed by atoms with Gasteiger partial charge < -0.3 is 33.2 Å². The molecule has 2 aromatic rings. The molecular formula is C31H49N7O4S. The highest BCUT2D eigenvalue weighted by Gasteiger charge is 2.31. The Kier molecular flexibility index (Phi) is 15.8. The highest BCUT2D eigenvalue weighted by atomic mass is 32.2. The molecule has 0 unspecified atom stereocenters. The minimum Gasteiger partial charge on any atom is -0.370 e. The van der Waals surface area contributed by atoms with Gasteiger partial charge in [-0.25, -0.2) is 0 Å². The SMILES string of the molecule is CSCC[C@H](CC(=O)[C@H](Cc1c[nH]c2ccccc12)NC(=O)[C@H](CCCCN)CC(=O)[C@@H](C)CCCN=C(N)N)C(N)=O. The summed E-state index contributed by atoms with van der Waals surface area (Å²) in [5, 5.41) is 3.92. The van der Waals surface area contributed by atoms with Gasteiger partial charge in [-0.05, 0) is 62.3 Å². The van der Waals surface area contributed by atoms with Crippen molar-refractivity contribution in [3.8, 4) is 0 Å². The Morgan fingerprint density at radius 2 is 1.67 bits per heavy atom. The van der Waals surface area contributed by atoms with Crippen LogP contribution in [0.3, 0.4) is 0 Å². The number of aromatic amines is 1. The fraction of sp³-hybridized carbons (Fsp3) is 0.581. The van der Waals surface area contributed by atoms with E-state index in [0.29, 0.717) is 50.9 Å². The van der Waals surface area contributed by atoms with Gasteiger partial charge in [0.2, 0.25) is 11.8 Å². The largest absolute Gasteiger partial charge is 0.370 e. The van der Waals surface area contributed by atoms with Crippen LogP contribution in [0.25, 0.3) is 10.9 Å². The molecule has 0 fully saturated rings. The predicted molar refractivity (Wildman–Crippen MR) is 174 cm³/mol. The Morgan fingerprint density at radius 1 is 0.953 bits per heavy atom. The molecule has 2 amide bonds. The van der Waals surface area contributed by atoms with Gasteiger partial charge in [-0.1, -0.05) is 31.5 Å². The number of amides is 2. The lowest BCUT2D eigenvalue weighted by molar-refractivity contribution is -0.134. The van der Waals surface area contributed by atoms with Crippen LogP contribution in [0.5, 0.6) is 0 Å². The number of para-hydroxylation sites is 1. The van der Waals surface area contributed by atoms with Crippen LogP contribution in [-0.4, -0.2) is 65.5 Å². The Morgan fingerprint density at radius 3 is 2.35 bits per heavy atom. The molecular weight excluding hydrogens is 566 g/mol. The number of ketones is 2. The Hall–Kier alpha value is -3.38. The van der Waals surface area contributed by atoms with Gasteiger partial charge in [0.25, 0.3) is 0 Å². The summed E-state index contributed by atoms with van der Waals surface area (Å²) in [4.78, 5) is 59.9. The van der Waals surface area contributed by atoms with E-state index in [1.165, 1.54) is 0 Å². The molecule has 0 saturated carbocycles. The molecule has 12 heteroatoms. The summed E-state index contributed by atoms with van der Waals surface area (Å²) in [6.07, 6.45) is 7.60. The molecule has 0 bridgehead atoms. The normalized spacial score (nSPS) is 14.0. The summed E-state index contributed by atoms with van der Waals surface area (Å²) in [7, 11) is 0. The maximum Gasteiger partial charge on any atom is 0.224 e. The highest BCUT2D eigenvalue weighted by molar-refractivity contribution is 7.98. The molecule has 1 aromatic carbocycles. The smallest absolute Gasteiger partial charge is 0.224 e. The second-order valence-corrected chi connectivity index (χ2v) is 12.2. The molecule has 2 rings (SSSR count). The fourth-order valence-corrected chi connectivity index (χ4v) is 5.64. The first-order chi connectivity index (χ1) is 20.6. The van der Waals surface area contributed by atoms with Crippen LogP contribution in [-0.2, 0) is 25.6 Å². The quantitative estimate of drug-likeness (QED) is 0.0656. The third-order valence-corrected chi connectivity index (χ3v) is 8.43. The number of aliphatic imine (C=N–C) groups is 1. The number of Topliss-reactive ketones (excluding diaryl/α,β-unsaturated/α-hetero) is 2.